The summed E-state index contributed by atoms with van der Waals surface area (Å²) in [6, 6.07) is -5.49. The molecule has 194 valence electrons. The van der Waals surface area contributed by atoms with E-state index in [1.54, 1.807) is 0 Å². The van der Waals surface area contributed by atoms with Crippen molar-refractivity contribution in [2.45, 2.75) is 69.1 Å². The quantitative estimate of drug-likeness (QED) is 0.0837. The SMILES string of the molecule is NCCCCC(N)C(=O)NC(CCC(N)=O)C(=O)NC(CO)C(=O)NC(CCC(=O)O)C(=O)O. The van der Waals surface area contributed by atoms with Crippen molar-refractivity contribution in [3.05, 3.63) is 0 Å². The Hall–Kier alpha value is -3.30. The fraction of sp³-hybridized carbons (Fsp3) is 0.684. The van der Waals surface area contributed by atoms with Crippen LogP contribution in [0.25, 0.3) is 0 Å². The highest BCUT2D eigenvalue weighted by Gasteiger charge is 2.30. The summed E-state index contributed by atoms with van der Waals surface area (Å²) in [6.07, 6.45) is 0.0294. The number of aliphatic hydroxyl groups is 1. The van der Waals surface area contributed by atoms with E-state index in [-0.39, 0.29) is 12.8 Å². The molecule has 0 aromatic heterocycles. The number of carbonyl (C=O) groups excluding carboxylic acids is 4. The number of carboxylic acid groups (broad SMARTS) is 2. The Morgan fingerprint density at radius 2 is 1.26 bits per heavy atom. The maximum atomic E-state index is 12.7. The first-order valence-electron chi connectivity index (χ1n) is 10.6. The summed E-state index contributed by atoms with van der Waals surface area (Å²) in [5.74, 6) is -6.26. The van der Waals surface area contributed by atoms with Gasteiger partial charge in [-0.05, 0) is 32.2 Å². The lowest BCUT2D eigenvalue weighted by atomic mass is 10.1. The van der Waals surface area contributed by atoms with Crippen molar-refractivity contribution in [3.8, 4) is 0 Å². The molecule has 0 bridgehead atoms. The summed E-state index contributed by atoms with van der Waals surface area (Å²) in [6.45, 7) is -0.514. The van der Waals surface area contributed by atoms with Crippen molar-refractivity contribution in [2.24, 2.45) is 17.2 Å². The van der Waals surface area contributed by atoms with E-state index < -0.39 is 79.2 Å². The summed E-state index contributed by atoms with van der Waals surface area (Å²) in [4.78, 5) is 70.4. The number of amides is 4. The molecule has 0 saturated carbocycles. The number of rotatable bonds is 18. The number of hydrogen-bond donors (Lipinski definition) is 9. The van der Waals surface area contributed by atoms with Crippen LogP contribution >= 0.6 is 0 Å². The maximum Gasteiger partial charge on any atom is 0.326 e. The maximum absolute atomic E-state index is 12.7. The van der Waals surface area contributed by atoms with Gasteiger partial charge in [-0.1, -0.05) is 6.42 Å². The van der Waals surface area contributed by atoms with E-state index in [4.69, 9.17) is 27.4 Å². The summed E-state index contributed by atoms with van der Waals surface area (Å²) in [5.41, 5.74) is 16.3. The van der Waals surface area contributed by atoms with Gasteiger partial charge < -0.3 is 48.5 Å². The predicted molar refractivity (Wildman–Crippen MR) is 117 cm³/mol. The average molecular weight is 491 g/mol. The van der Waals surface area contributed by atoms with Crippen LogP contribution in [0, 0.1) is 0 Å². The molecule has 0 heterocycles. The van der Waals surface area contributed by atoms with Crippen LogP contribution in [0.5, 0.6) is 0 Å². The van der Waals surface area contributed by atoms with Gasteiger partial charge in [-0.25, -0.2) is 4.79 Å². The zero-order valence-corrected chi connectivity index (χ0v) is 18.7. The molecule has 0 fully saturated rings. The van der Waals surface area contributed by atoms with E-state index in [1.807, 2.05) is 5.32 Å². The average Bonchev–Trinajstić information content (AvgIpc) is 2.76. The summed E-state index contributed by atoms with van der Waals surface area (Å²) < 4.78 is 0. The molecule has 12 N–H and O–H groups in total. The number of carboxylic acids is 2. The molecule has 4 atom stereocenters. The van der Waals surface area contributed by atoms with Gasteiger partial charge in [-0.3, -0.25) is 24.0 Å². The predicted octanol–water partition coefficient (Wildman–Crippen LogP) is -3.90. The van der Waals surface area contributed by atoms with Crippen LogP contribution in [0.3, 0.4) is 0 Å². The van der Waals surface area contributed by atoms with Crippen LogP contribution in [0.4, 0.5) is 0 Å². The number of carbonyl (C=O) groups is 6. The smallest absolute Gasteiger partial charge is 0.326 e. The molecule has 0 aliphatic heterocycles. The molecule has 0 spiro atoms. The Kier molecular flexibility index (Phi) is 14.7. The van der Waals surface area contributed by atoms with Crippen LogP contribution in [-0.4, -0.2) is 88.2 Å². The second-order valence-corrected chi connectivity index (χ2v) is 7.53. The minimum absolute atomic E-state index is 0.224. The third-order valence-corrected chi connectivity index (χ3v) is 4.70. The summed E-state index contributed by atoms with van der Waals surface area (Å²) in [7, 11) is 0. The number of aliphatic carboxylic acids is 2. The van der Waals surface area contributed by atoms with E-state index in [1.165, 1.54) is 0 Å². The first-order chi connectivity index (χ1) is 15.9. The zero-order chi connectivity index (χ0) is 26.3. The Morgan fingerprint density at radius 1 is 0.735 bits per heavy atom. The minimum Gasteiger partial charge on any atom is -0.481 e. The lowest BCUT2D eigenvalue weighted by Crippen LogP contribution is -2.58. The largest absolute Gasteiger partial charge is 0.481 e. The normalized spacial score (nSPS) is 14.2. The molecule has 0 aromatic rings. The van der Waals surface area contributed by atoms with E-state index >= 15 is 0 Å². The number of aliphatic hydroxyl groups excluding tert-OH is 1. The van der Waals surface area contributed by atoms with Gasteiger partial charge in [-0.15, -0.1) is 0 Å². The number of nitrogens with one attached hydrogen (secondary N) is 3. The Balaban J connectivity index is 5.24. The Morgan fingerprint density at radius 3 is 1.76 bits per heavy atom. The van der Waals surface area contributed by atoms with Crippen molar-refractivity contribution in [2.75, 3.05) is 13.2 Å². The van der Waals surface area contributed by atoms with E-state index in [9.17, 15) is 33.9 Å². The lowest BCUT2D eigenvalue weighted by Gasteiger charge is -2.24. The highest BCUT2D eigenvalue weighted by Crippen LogP contribution is 2.04. The molecule has 0 radical (unpaired) electrons. The van der Waals surface area contributed by atoms with Gasteiger partial charge in [0, 0.05) is 12.8 Å². The summed E-state index contributed by atoms with van der Waals surface area (Å²) in [5, 5.41) is 33.9. The van der Waals surface area contributed by atoms with Crippen LogP contribution in [-0.2, 0) is 28.8 Å². The van der Waals surface area contributed by atoms with Gasteiger partial charge in [-0.2, -0.15) is 0 Å². The van der Waals surface area contributed by atoms with Gasteiger partial charge in [0.15, 0.2) is 0 Å². The fourth-order valence-corrected chi connectivity index (χ4v) is 2.74. The van der Waals surface area contributed by atoms with Crippen LogP contribution in [0.15, 0.2) is 0 Å². The van der Waals surface area contributed by atoms with E-state index in [2.05, 4.69) is 10.6 Å². The molecule has 0 rings (SSSR count). The molecule has 4 unspecified atom stereocenters. The van der Waals surface area contributed by atoms with Crippen LogP contribution in [0.1, 0.15) is 44.9 Å². The third-order valence-electron chi connectivity index (χ3n) is 4.70. The fourth-order valence-electron chi connectivity index (χ4n) is 2.74. The van der Waals surface area contributed by atoms with Gasteiger partial charge in [0.25, 0.3) is 0 Å². The van der Waals surface area contributed by atoms with Gasteiger partial charge >= 0.3 is 11.9 Å². The van der Waals surface area contributed by atoms with Gasteiger partial charge in [0.05, 0.1) is 12.6 Å². The number of unbranched alkanes of at least 4 members (excludes halogenated alkanes) is 1. The monoisotopic (exact) mass is 490 g/mol. The standard InChI is InChI=1S/C19H34N6O9/c20-8-2-1-3-10(21)16(30)23-11(4-6-14(22)27)17(31)25-13(9-26)18(32)24-12(19(33)34)5-7-15(28)29/h10-13,26H,1-9,20-21H2,(H2,22,27)(H,23,30)(H,24,32)(H,25,31)(H,28,29)(H,33,34). The van der Waals surface area contributed by atoms with Crippen molar-refractivity contribution in [1.29, 1.82) is 0 Å². The van der Waals surface area contributed by atoms with Crippen LogP contribution < -0.4 is 33.2 Å². The van der Waals surface area contributed by atoms with Gasteiger partial charge in [0.2, 0.25) is 23.6 Å². The van der Waals surface area contributed by atoms with Crippen molar-refractivity contribution in [1.82, 2.24) is 16.0 Å². The molecular formula is C19H34N6O9. The van der Waals surface area contributed by atoms with Crippen molar-refractivity contribution in [3.63, 3.8) is 0 Å². The lowest BCUT2D eigenvalue weighted by molar-refractivity contribution is -0.143. The highest BCUT2D eigenvalue weighted by molar-refractivity contribution is 5.94. The second kappa shape index (κ2) is 16.3. The highest BCUT2D eigenvalue weighted by atomic mass is 16.4. The minimum atomic E-state index is -1.62. The van der Waals surface area contributed by atoms with E-state index in [0.717, 1.165) is 0 Å². The molecule has 4 amide bonds. The number of hydrogen-bond acceptors (Lipinski definition) is 9. The van der Waals surface area contributed by atoms with Crippen molar-refractivity contribution >= 4 is 35.6 Å². The second-order valence-electron chi connectivity index (χ2n) is 7.53. The Bertz CT molecular complexity index is 733. The number of primary amides is 1. The first-order valence-corrected chi connectivity index (χ1v) is 10.6. The van der Waals surface area contributed by atoms with E-state index in [0.29, 0.717) is 25.8 Å². The molecule has 0 aliphatic carbocycles. The summed E-state index contributed by atoms with van der Waals surface area (Å²) >= 11 is 0. The molecule has 15 nitrogen and oxygen atoms in total. The van der Waals surface area contributed by atoms with Crippen LogP contribution in [0.2, 0.25) is 0 Å². The van der Waals surface area contributed by atoms with Crippen molar-refractivity contribution < 1.29 is 44.1 Å². The molecule has 34 heavy (non-hydrogen) atoms. The molecule has 0 aliphatic rings. The zero-order valence-electron chi connectivity index (χ0n) is 18.7. The van der Waals surface area contributed by atoms with Gasteiger partial charge in [0.1, 0.15) is 18.1 Å². The third kappa shape index (κ3) is 12.7. The topological polar surface area (TPSA) is 277 Å². The first kappa shape index (κ1) is 30.7. The molecular weight excluding hydrogens is 456 g/mol. The molecule has 0 saturated heterocycles. The number of nitrogens with two attached hydrogens (primary N) is 3. The molecule has 15 heteroatoms. The Labute approximate surface area is 195 Å². The molecule has 0 aromatic carbocycles.